The van der Waals surface area contributed by atoms with Crippen LogP contribution < -0.4 is 10.3 Å². The van der Waals surface area contributed by atoms with Crippen molar-refractivity contribution in [3.8, 4) is 16.9 Å². The first-order valence-corrected chi connectivity index (χ1v) is 11.5. The lowest BCUT2D eigenvalue weighted by Gasteiger charge is -2.20. The highest BCUT2D eigenvalue weighted by Gasteiger charge is 2.15. The van der Waals surface area contributed by atoms with Crippen molar-refractivity contribution in [1.29, 1.82) is 0 Å². The van der Waals surface area contributed by atoms with Crippen molar-refractivity contribution in [3.63, 3.8) is 0 Å². The van der Waals surface area contributed by atoms with Crippen LogP contribution in [-0.4, -0.2) is 53.4 Å². The fourth-order valence-electron chi connectivity index (χ4n) is 3.69. The van der Waals surface area contributed by atoms with Crippen molar-refractivity contribution < 1.29 is 14.6 Å². The fourth-order valence-corrected chi connectivity index (χ4v) is 4.66. The highest BCUT2D eigenvalue weighted by molar-refractivity contribution is 7.17. The van der Waals surface area contributed by atoms with E-state index in [1.165, 1.54) is 11.3 Å². The topological polar surface area (TPSA) is 87.7 Å². The zero-order valence-electron chi connectivity index (χ0n) is 18.7. The van der Waals surface area contributed by atoms with Crippen LogP contribution in [0.1, 0.15) is 11.4 Å². The van der Waals surface area contributed by atoms with Gasteiger partial charge in [0.05, 0.1) is 38.4 Å². The number of methoxy groups -OCH3 is 1. The number of hydrogen-bond acceptors (Lipinski definition) is 7. The number of aromatic nitrogens is 2. The summed E-state index contributed by atoms with van der Waals surface area (Å²) in [4.78, 5) is 23.0. The van der Waals surface area contributed by atoms with Gasteiger partial charge in [-0.2, -0.15) is 0 Å². The number of thiophene rings is 1. The third-order valence-electron chi connectivity index (χ3n) is 5.24. The van der Waals surface area contributed by atoms with Crippen LogP contribution in [0.2, 0.25) is 0 Å². The summed E-state index contributed by atoms with van der Waals surface area (Å²) >= 11 is 1.44. The van der Waals surface area contributed by atoms with Gasteiger partial charge < -0.3 is 19.6 Å². The van der Waals surface area contributed by atoms with E-state index in [1.807, 2.05) is 71.9 Å². The maximum Gasteiger partial charge on any atom is 0.260 e. The van der Waals surface area contributed by atoms with E-state index in [0.717, 1.165) is 22.4 Å². The third kappa shape index (κ3) is 5.85. The second-order valence-corrected chi connectivity index (χ2v) is 8.78. The Morgan fingerprint density at radius 1 is 1.18 bits per heavy atom. The summed E-state index contributed by atoms with van der Waals surface area (Å²) in [5.41, 5.74) is 2.65. The quantitative estimate of drug-likeness (QED) is 0.372. The van der Waals surface area contributed by atoms with E-state index in [9.17, 15) is 9.90 Å². The molecule has 0 aliphatic rings. The Bertz CT molecular complexity index is 1260. The van der Waals surface area contributed by atoms with Gasteiger partial charge in [-0.15, -0.1) is 11.3 Å². The van der Waals surface area contributed by atoms with Gasteiger partial charge in [0.25, 0.3) is 5.56 Å². The minimum Gasteiger partial charge on any atom is -0.497 e. The SMILES string of the molecule is COc1cccc(-c2csc3nc(CN(C)CC(O)COCc4ccccc4)[nH]c(=O)c23)c1. The second-order valence-electron chi connectivity index (χ2n) is 7.93. The molecular formula is C25H27N3O4S. The number of H-pyrrole nitrogens is 1. The molecule has 0 aliphatic carbocycles. The van der Waals surface area contributed by atoms with Gasteiger partial charge >= 0.3 is 0 Å². The lowest BCUT2D eigenvalue weighted by Crippen LogP contribution is -2.32. The number of nitrogens with zero attached hydrogens (tertiary/aromatic N) is 2. The van der Waals surface area contributed by atoms with Crippen LogP contribution in [0.5, 0.6) is 5.75 Å². The summed E-state index contributed by atoms with van der Waals surface area (Å²) in [6.45, 7) is 1.50. The molecule has 2 aromatic heterocycles. The first-order chi connectivity index (χ1) is 16.0. The molecule has 172 valence electrons. The molecule has 0 fully saturated rings. The van der Waals surface area contributed by atoms with Crippen molar-refractivity contribution in [2.75, 3.05) is 27.3 Å². The number of rotatable bonds is 10. The summed E-state index contributed by atoms with van der Waals surface area (Å²) < 4.78 is 10.9. The molecular weight excluding hydrogens is 438 g/mol. The summed E-state index contributed by atoms with van der Waals surface area (Å²) in [6, 6.07) is 17.5. The first-order valence-electron chi connectivity index (χ1n) is 10.7. The largest absolute Gasteiger partial charge is 0.497 e. The summed E-state index contributed by atoms with van der Waals surface area (Å²) in [7, 11) is 3.50. The van der Waals surface area contributed by atoms with Gasteiger partial charge in [-0.05, 0) is 30.3 Å². The van der Waals surface area contributed by atoms with E-state index in [1.54, 1.807) is 7.11 Å². The van der Waals surface area contributed by atoms with Crippen LogP contribution in [-0.2, 0) is 17.9 Å². The molecule has 4 aromatic rings. The minimum absolute atomic E-state index is 0.172. The lowest BCUT2D eigenvalue weighted by molar-refractivity contribution is 0.0124. The monoisotopic (exact) mass is 465 g/mol. The molecule has 1 atom stereocenters. The van der Waals surface area contributed by atoms with E-state index < -0.39 is 6.10 Å². The number of aromatic amines is 1. The number of benzene rings is 2. The number of aliphatic hydroxyl groups is 1. The first kappa shape index (κ1) is 23.1. The summed E-state index contributed by atoms with van der Waals surface area (Å²) in [5, 5.41) is 12.8. The average molecular weight is 466 g/mol. The fraction of sp³-hybridized carbons (Fsp3) is 0.280. The van der Waals surface area contributed by atoms with Crippen molar-refractivity contribution in [1.82, 2.24) is 14.9 Å². The molecule has 0 spiro atoms. The third-order valence-corrected chi connectivity index (χ3v) is 6.11. The van der Waals surface area contributed by atoms with Crippen LogP contribution in [0.3, 0.4) is 0 Å². The molecule has 7 nitrogen and oxygen atoms in total. The van der Waals surface area contributed by atoms with Gasteiger partial charge in [-0.25, -0.2) is 4.98 Å². The zero-order valence-corrected chi connectivity index (χ0v) is 19.5. The molecule has 4 rings (SSSR count). The van der Waals surface area contributed by atoms with Gasteiger partial charge in [0.15, 0.2) is 0 Å². The van der Waals surface area contributed by atoms with Crippen LogP contribution in [0.4, 0.5) is 0 Å². The molecule has 0 amide bonds. The number of likely N-dealkylation sites (N-methyl/N-ethyl adjacent to an activating group) is 1. The summed E-state index contributed by atoms with van der Waals surface area (Å²) in [5.74, 6) is 1.30. The van der Waals surface area contributed by atoms with E-state index in [2.05, 4.69) is 9.97 Å². The number of hydrogen-bond donors (Lipinski definition) is 2. The standard InChI is InChI=1S/C25H27N3O4S/c1-28(12-19(29)15-32-14-17-7-4-3-5-8-17)13-22-26-24(30)23-21(16-33-25(23)27-22)18-9-6-10-20(11-18)31-2/h3-11,16,19,29H,12-15H2,1-2H3,(H,26,27,30). The number of aliphatic hydroxyl groups excluding tert-OH is 1. The van der Waals surface area contributed by atoms with Gasteiger partial charge in [0, 0.05) is 17.5 Å². The van der Waals surface area contributed by atoms with E-state index in [0.29, 0.717) is 35.7 Å². The number of ether oxygens (including phenoxy) is 2. The summed E-state index contributed by atoms with van der Waals surface area (Å²) in [6.07, 6.45) is -0.643. The Labute approximate surface area is 196 Å². The minimum atomic E-state index is -0.643. The molecule has 1 unspecified atom stereocenters. The average Bonchev–Trinajstić information content (AvgIpc) is 3.24. The predicted molar refractivity (Wildman–Crippen MR) is 131 cm³/mol. The van der Waals surface area contributed by atoms with Crippen LogP contribution in [0.25, 0.3) is 21.3 Å². The highest BCUT2D eigenvalue weighted by Crippen LogP contribution is 2.32. The Kier molecular flexibility index (Phi) is 7.51. The maximum atomic E-state index is 12.9. The molecule has 8 heteroatoms. The van der Waals surface area contributed by atoms with Crippen molar-refractivity contribution in [2.24, 2.45) is 0 Å². The van der Waals surface area contributed by atoms with E-state index in [4.69, 9.17) is 9.47 Å². The lowest BCUT2D eigenvalue weighted by atomic mass is 10.1. The molecule has 2 aromatic carbocycles. The molecule has 2 N–H and O–H groups in total. The molecule has 0 saturated carbocycles. The van der Waals surface area contributed by atoms with Gasteiger partial charge in [-0.1, -0.05) is 42.5 Å². The molecule has 33 heavy (non-hydrogen) atoms. The van der Waals surface area contributed by atoms with Crippen LogP contribution >= 0.6 is 11.3 Å². The van der Waals surface area contributed by atoms with Crippen LogP contribution in [0.15, 0.2) is 64.8 Å². The highest BCUT2D eigenvalue weighted by atomic mass is 32.1. The van der Waals surface area contributed by atoms with E-state index in [-0.39, 0.29) is 12.2 Å². The Morgan fingerprint density at radius 2 is 2.00 bits per heavy atom. The molecule has 0 saturated heterocycles. The number of nitrogens with one attached hydrogen (secondary N) is 1. The molecule has 0 bridgehead atoms. The molecule has 2 heterocycles. The van der Waals surface area contributed by atoms with Crippen molar-refractivity contribution >= 4 is 21.6 Å². The Morgan fingerprint density at radius 3 is 2.79 bits per heavy atom. The zero-order chi connectivity index (χ0) is 23.2. The Balaban J connectivity index is 1.39. The maximum absolute atomic E-state index is 12.9. The van der Waals surface area contributed by atoms with Crippen molar-refractivity contribution in [2.45, 2.75) is 19.3 Å². The number of fused-ring (bicyclic) bond motifs is 1. The van der Waals surface area contributed by atoms with E-state index >= 15 is 0 Å². The smallest absolute Gasteiger partial charge is 0.260 e. The van der Waals surface area contributed by atoms with Crippen LogP contribution in [0, 0.1) is 0 Å². The van der Waals surface area contributed by atoms with Gasteiger partial charge in [0.1, 0.15) is 16.4 Å². The normalized spacial score (nSPS) is 12.4. The van der Waals surface area contributed by atoms with Crippen molar-refractivity contribution in [3.05, 3.63) is 81.7 Å². The van der Waals surface area contributed by atoms with Gasteiger partial charge in [-0.3, -0.25) is 9.69 Å². The van der Waals surface area contributed by atoms with Gasteiger partial charge in [0.2, 0.25) is 0 Å². The molecule has 0 radical (unpaired) electrons. The Hall–Kier alpha value is -3.04. The second kappa shape index (κ2) is 10.7. The predicted octanol–water partition coefficient (Wildman–Crippen LogP) is 3.67. The molecule has 0 aliphatic heterocycles.